The maximum absolute atomic E-state index is 8.37. The van der Waals surface area contributed by atoms with Gasteiger partial charge in [-0.3, -0.25) is 0 Å². The fraction of sp³-hybridized carbons (Fsp3) is 0.222. The first-order valence-electron chi connectivity index (χ1n) is 3.74. The monoisotopic (exact) mass is 183 g/mol. The molecule has 0 atom stereocenters. The summed E-state index contributed by atoms with van der Waals surface area (Å²) in [5.74, 6) is 0. The highest BCUT2D eigenvalue weighted by molar-refractivity contribution is 6.69. The van der Waals surface area contributed by atoms with E-state index in [-0.39, 0.29) is 5.17 Å². The second-order valence-electron chi connectivity index (χ2n) is 2.44. The van der Waals surface area contributed by atoms with Gasteiger partial charge in [-0.2, -0.15) is 0 Å². The van der Waals surface area contributed by atoms with Crippen molar-refractivity contribution in [2.75, 3.05) is 0 Å². The molecule has 64 valence electrons. The number of hydrogen-bond acceptors (Lipinski definition) is 2. The zero-order valence-corrected chi connectivity index (χ0v) is 7.54. The molecule has 1 aromatic rings. The van der Waals surface area contributed by atoms with E-state index in [0.717, 1.165) is 12.0 Å². The van der Waals surface area contributed by atoms with Crippen LogP contribution in [-0.2, 0) is 6.42 Å². The number of aryl methyl sites for hydroxylation is 1. The average Bonchev–Trinajstić information content (AvgIpc) is 2.17. The summed E-state index contributed by atoms with van der Waals surface area (Å²) >= 11 is 5.59. The lowest BCUT2D eigenvalue weighted by Gasteiger charge is -1.98. The summed E-state index contributed by atoms with van der Waals surface area (Å²) < 4.78 is 0. The molecule has 0 heterocycles. The molecule has 0 aliphatic heterocycles. The van der Waals surface area contributed by atoms with Crippen LogP contribution in [0.2, 0.25) is 0 Å². The highest BCUT2D eigenvalue weighted by Gasteiger charge is 1.98. The van der Waals surface area contributed by atoms with Gasteiger partial charge in [0.05, 0.1) is 0 Å². The minimum atomic E-state index is 0.123. The normalized spacial score (nSPS) is 11.7. The summed E-state index contributed by atoms with van der Waals surface area (Å²) in [6, 6.07) is 7.59. The van der Waals surface area contributed by atoms with Crippen LogP contribution in [0.1, 0.15) is 18.1 Å². The van der Waals surface area contributed by atoms with Crippen LogP contribution in [0.4, 0.5) is 0 Å². The van der Waals surface area contributed by atoms with E-state index in [1.54, 1.807) is 0 Å². The summed E-state index contributed by atoms with van der Waals surface area (Å²) in [5.41, 5.74) is 1.97. The Kier molecular flexibility index (Phi) is 3.11. The third-order valence-electron chi connectivity index (χ3n) is 1.69. The molecule has 1 aromatic carbocycles. The van der Waals surface area contributed by atoms with Crippen molar-refractivity contribution in [3.8, 4) is 0 Å². The van der Waals surface area contributed by atoms with Gasteiger partial charge in [0, 0.05) is 5.56 Å². The zero-order chi connectivity index (χ0) is 8.97. The Labute approximate surface area is 76.5 Å². The summed E-state index contributed by atoms with van der Waals surface area (Å²) in [4.78, 5) is 0. The maximum atomic E-state index is 8.37. The fourth-order valence-electron chi connectivity index (χ4n) is 0.936. The number of halogens is 1. The summed E-state index contributed by atoms with van der Waals surface area (Å²) in [6.45, 7) is 2.08. The lowest BCUT2D eigenvalue weighted by atomic mass is 10.1. The lowest BCUT2D eigenvalue weighted by Crippen LogP contribution is -1.90. The molecule has 0 radical (unpaired) electrons. The van der Waals surface area contributed by atoms with Crippen LogP contribution in [0.25, 0.3) is 0 Å². The first-order valence-corrected chi connectivity index (χ1v) is 4.12. The summed E-state index contributed by atoms with van der Waals surface area (Å²) in [7, 11) is 0. The van der Waals surface area contributed by atoms with Crippen molar-refractivity contribution in [1.29, 1.82) is 0 Å². The van der Waals surface area contributed by atoms with Crippen LogP contribution in [0.3, 0.4) is 0 Å². The van der Waals surface area contributed by atoms with Crippen LogP contribution >= 0.6 is 11.6 Å². The van der Waals surface area contributed by atoms with E-state index >= 15 is 0 Å². The molecule has 2 nitrogen and oxygen atoms in total. The van der Waals surface area contributed by atoms with Gasteiger partial charge in [0.2, 0.25) is 0 Å². The molecule has 0 aliphatic carbocycles. The molecular weight excluding hydrogens is 174 g/mol. The number of rotatable bonds is 2. The van der Waals surface area contributed by atoms with Gasteiger partial charge < -0.3 is 5.21 Å². The Morgan fingerprint density at radius 2 is 2.00 bits per heavy atom. The topological polar surface area (TPSA) is 32.6 Å². The summed E-state index contributed by atoms with van der Waals surface area (Å²) in [6.07, 6.45) is 0.994. The molecule has 1 N–H and O–H groups in total. The van der Waals surface area contributed by atoms with Crippen LogP contribution in [-0.4, -0.2) is 10.4 Å². The lowest BCUT2D eigenvalue weighted by molar-refractivity contribution is 0.321. The molecule has 3 heteroatoms. The average molecular weight is 184 g/mol. The number of oxime groups is 1. The number of hydrogen-bond donors (Lipinski definition) is 1. The van der Waals surface area contributed by atoms with Crippen molar-refractivity contribution >= 4 is 16.8 Å². The molecule has 0 fully saturated rings. The van der Waals surface area contributed by atoms with Gasteiger partial charge in [-0.05, 0) is 12.0 Å². The second-order valence-corrected chi connectivity index (χ2v) is 2.80. The quantitative estimate of drug-likeness (QED) is 0.427. The predicted octanol–water partition coefficient (Wildman–Crippen LogP) is 2.62. The van der Waals surface area contributed by atoms with E-state index in [1.807, 2.05) is 24.3 Å². The van der Waals surface area contributed by atoms with Gasteiger partial charge in [0.15, 0.2) is 5.17 Å². The van der Waals surface area contributed by atoms with Crippen LogP contribution in [0, 0.1) is 0 Å². The van der Waals surface area contributed by atoms with Gasteiger partial charge in [-0.1, -0.05) is 47.9 Å². The zero-order valence-electron chi connectivity index (χ0n) is 6.79. The van der Waals surface area contributed by atoms with E-state index in [2.05, 4.69) is 12.1 Å². The minimum absolute atomic E-state index is 0.123. The van der Waals surface area contributed by atoms with Crippen molar-refractivity contribution < 1.29 is 5.21 Å². The van der Waals surface area contributed by atoms with Crippen molar-refractivity contribution in [2.24, 2.45) is 5.16 Å². The molecule has 0 amide bonds. The summed E-state index contributed by atoms with van der Waals surface area (Å²) in [5, 5.41) is 11.4. The Morgan fingerprint density at radius 1 is 1.42 bits per heavy atom. The molecule has 0 bridgehead atoms. The van der Waals surface area contributed by atoms with Gasteiger partial charge in [-0.25, -0.2) is 0 Å². The van der Waals surface area contributed by atoms with Crippen LogP contribution in [0.15, 0.2) is 29.4 Å². The fourth-order valence-corrected chi connectivity index (χ4v) is 1.06. The van der Waals surface area contributed by atoms with E-state index < -0.39 is 0 Å². The molecule has 0 unspecified atom stereocenters. The molecule has 0 spiro atoms. The van der Waals surface area contributed by atoms with Crippen LogP contribution < -0.4 is 0 Å². The molecule has 0 aromatic heterocycles. The Bertz CT molecular complexity index is 279. The minimum Gasteiger partial charge on any atom is -0.410 e. The first kappa shape index (κ1) is 9.07. The van der Waals surface area contributed by atoms with Gasteiger partial charge in [-0.15, -0.1) is 0 Å². The molecular formula is C9H10ClNO. The van der Waals surface area contributed by atoms with Crippen LogP contribution in [0.5, 0.6) is 0 Å². The maximum Gasteiger partial charge on any atom is 0.175 e. The van der Waals surface area contributed by atoms with E-state index in [4.69, 9.17) is 16.8 Å². The molecule has 0 saturated carbocycles. The predicted molar refractivity (Wildman–Crippen MR) is 50.0 cm³/mol. The molecule has 0 aliphatic rings. The largest absolute Gasteiger partial charge is 0.410 e. The van der Waals surface area contributed by atoms with Gasteiger partial charge >= 0.3 is 0 Å². The van der Waals surface area contributed by atoms with Crippen molar-refractivity contribution in [2.45, 2.75) is 13.3 Å². The van der Waals surface area contributed by atoms with Crippen molar-refractivity contribution in [3.63, 3.8) is 0 Å². The van der Waals surface area contributed by atoms with Gasteiger partial charge in [0.25, 0.3) is 0 Å². The third kappa shape index (κ3) is 1.98. The molecule has 1 rings (SSSR count). The highest BCUT2D eigenvalue weighted by Crippen LogP contribution is 2.08. The Balaban J connectivity index is 2.92. The Morgan fingerprint density at radius 3 is 2.42 bits per heavy atom. The number of nitrogens with zero attached hydrogens (tertiary/aromatic N) is 1. The third-order valence-corrected chi connectivity index (χ3v) is 1.98. The molecule has 12 heavy (non-hydrogen) atoms. The van der Waals surface area contributed by atoms with E-state index in [9.17, 15) is 0 Å². The van der Waals surface area contributed by atoms with Crippen molar-refractivity contribution in [1.82, 2.24) is 0 Å². The highest BCUT2D eigenvalue weighted by atomic mass is 35.5. The van der Waals surface area contributed by atoms with E-state index in [1.165, 1.54) is 5.56 Å². The second kappa shape index (κ2) is 4.12. The van der Waals surface area contributed by atoms with E-state index in [0.29, 0.717) is 0 Å². The SMILES string of the molecule is CCc1ccc(/C(Cl)=N/O)cc1. The molecule has 0 saturated heterocycles. The van der Waals surface area contributed by atoms with Crippen molar-refractivity contribution in [3.05, 3.63) is 35.4 Å². The van der Waals surface area contributed by atoms with Gasteiger partial charge in [0.1, 0.15) is 0 Å². The standard InChI is InChI=1S/C9H10ClNO/c1-2-7-3-5-8(6-4-7)9(10)11-12/h3-6,12H,2H2,1H3/b11-9-. The first-order chi connectivity index (χ1) is 5.77. The Hall–Kier alpha value is -1.02. The smallest absolute Gasteiger partial charge is 0.175 e. The number of benzene rings is 1.